The van der Waals surface area contributed by atoms with Gasteiger partial charge in [-0.2, -0.15) is 25.3 Å². The van der Waals surface area contributed by atoms with E-state index in [0.29, 0.717) is 163 Å². The van der Waals surface area contributed by atoms with Crippen molar-refractivity contribution in [1.29, 1.82) is 0 Å². The van der Waals surface area contributed by atoms with Crippen molar-refractivity contribution in [2.24, 2.45) is 17.6 Å². The second kappa shape index (κ2) is 66.0. The maximum absolute atomic E-state index is 13.4. The predicted octanol–water partition coefficient (Wildman–Crippen LogP) is 1.36. The van der Waals surface area contributed by atoms with Gasteiger partial charge in [0.05, 0.1) is 78.4 Å². The van der Waals surface area contributed by atoms with E-state index in [1.807, 2.05) is 20.8 Å². The highest BCUT2D eigenvalue weighted by Crippen LogP contribution is 2.33. The van der Waals surface area contributed by atoms with Gasteiger partial charge in [-0.25, -0.2) is 9.59 Å². The molecule has 0 saturated carbocycles. The number of esters is 1. The second-order valence-corrected chi connectivity index (χ2v) is 28.3. The molecule has 0 radical (unpaired) electrons. The minimum absolute atomic E-state index is 0.0293. The number of likely N-dealkylation sites (tertiary alicyclic amines) is 2. The van der Waals surface area contributed by atoms with Gasteiger partial charge >= 0.3 is 12.1 Å². The Morgan fingerprint density at radius 3 is 1.34 bits per heavy atom. The van der Waals surface area contributed by atoms with Crippen LogP contribution in [0, 0.1) is 11.8 Å². The molecule has 1 aromatic rings. The Bertz CT molecular complexity index is 3400. The van der Waals surface area contributed by atoms with Crippen molar-refractivity contribution >= 4 is 132 Å². The number of unbranched alkanes of at least 4 members (excludes halogenated alkanes) is 2. The second-order valence-electron chi connectivity index (χ2n) is 27.0. The van der Waals surface area contributed by atoms with Gasteiger partial charge in [-0.3, -0.25) is 86.7 Å². The number of methoxy groups -OCH3 is 1. The summed E-state index contributed by atoms with van der Waals surface area (Å²) >= 11 is 8.21. The molecule has 5 rings (SSSR count). The van der Waals surface area contributed by atoms with Crippen LogP contribution in [0.2, 0.25) is 0 Å². The summed E-state index contributed by atoms with van der Waals surface area (Å²) in [6.45, 7) is 12.6. The Labute approximate surface area is 718 Å². The largest absolute Gasteiger partial charge is 0.493 e. The fourth-order valence-electron chi connectivity index (χ4n) is 11.3. The number of rotatable bonds is 62. The normalized spacial score (nSPS) is 15.4. The van der Waals surface area contributed by atoms with Crippen molar-refractivity contribution in [2.75, 3.05) is 184 Å². The first-order valence-electron chi connectivity index (χ1n) is 40.5. The van der Waals surface area contributed by atoms with Crippen LogP contribution in [0.4, 0.5) is 4.79 Å². The van der Waals surface area contributed by atoms with Crippen molar-refractivity contribution in [3.05, 3.63) is 48.1 Å². The van der Waals surface area contributed by atoms with Gasteiger partial charge in [-0.1, -0.05) is 39.7 Å². The molecule has 0 bridgehead atoms. The van der Waals surface area contributed by atoms with Crippen LogP contribution in [-0.2, 0) is 105 Å². The number of imide groups is 4. The smallest absolute Gasteiger partial charge is 0.408 e. The number of thiol groups is 2. The summed E-state index contributed by atoms with van der Waals surface area (Å²) in [4.78, 5) is 200. The highest BCUT2D eigenvalue weighted by atomic mass is 32.2. The van der Waals surface area contributed by atoms with E-state index in [-0.39, 0.29) is 161 Å². The lowest BCUT2D eigenvalue weighted by Crippen LogP contribution is -2.47. The molecule has 2 fully saturated rings. The van der Waals surface area contributed by atoms with Crippen molar-refractivity contribution in [3.8, 4) is 11.5 Å². The van der Waals surface area contributed by atoms with Gasteiger partial charge in [0.15, 0.2) is 11.5 Å². The van der Waals surface area contributed by atoms with Crippen LogP contribution in [-0.4, -0.2) is 309 Å². The van der Waals surface area contributed by atoms with E-state index in [0.717, 1.165) is 39.3 Å². The molecule has 4 aliphatic heterocycles. The zero-order valence-electron chi connectivity index (χ0n) is 70.3. The van der Waals surface area contributed by atoms with Crippen LogP contribution >= 0.6 is 37.0 Å². The highest BCUT2D eigenvalue weighted by molar-refractivity contribution is 8.00. The SMILES string of the molecule is CCC1CC(=O)N(CCC(=O)NCCCOCCOCCOCCCNC(=O)CCN2C(=O)C=CC2=O)C1=O.CC[C@H](C)[C@H](NC(=O)CCCCCN)C(=O)Oc1ccc(C(CNC(=O)CCSC2CC(=O)N(CCC(=O)NCCCOCCOCCOCCCNC(=O)CCN3C(=O)C=CC3=O)C2=O)OC(=O)NCNC)cc1OC.CS.CS. The Morgan fingerprint density at radius 2 is 0.925 bits per heavy atom. The molecule has 4 aliphatic rings. The number of carbonyl (C=O) groups excluding carboxylic acids is 16. The Balaban J connectivity index is 0.000000947. The van der Waals surface area contributed by atoms with Crippen LogP contribution in [0.3, 0.4) is 0 Å². The van der Waals surface area contributed by atoms with Gasteiger partial charge in [0.1, 0.15) is 12.1 Å². The minimum Gasteiger partial charge on any atom is -0.493 e. The average Bonchev–Trinajstić information content (AvgIpc) is 1.47. The van der Waals surface area contributed by atoms with Crippen LogP contribution in [0.25, 0.3) is 0 Å². The molecule has 1 aromatic carbocycles. The summed E-state index contributed by atoms with van der Waals surface area (Å²) in [6.07, 6.45) is 12.7. The molecular formula is C79H127N13O25S3. The quantitative estimate of drug-likeness (QED) is 0.0110. The lowest BCUT2D eigenvalue weighted by molar-refractivity contribution is -0.141. The monoisotopic (exact) mass is 1750 g/mol. The van der Waals surface area contributed by atoms with Crippen molar-refractivity contribution in [2.45, 2.75) is 147 Å². The topological polar surface area (TPSA) is 491 Å². The molecule has 15 amide bonds. The average molecular weight is 1760 g/mol. The third kappa shape index (κ3) is 44.8. The molecule has 0 aliphatic carbocycles. The standard InChI is InChI=1S/C51H79N9O16S.C26H40N4O9.2CH4S/c1-5-35(2)48(58-44(64)11-7-6-8-19-52)50(69)75-37-13-12-36(31-38(37)71-4)39(76-51(70)57-34-53-3)33-56-43(63)18-30-77-40-32-47(67)60(49(40)68)23-17-42(62)55-21-10-25-73-27-29-74-28-26-72-24-9-20-54-41(61)16-22-59-45(65)14-15-46(59)66;1-2-20-19-25(35)30(26(20)36)12-8-22(32)28-10-4-14-38-16-18-39-17-15-37-13-3-9-27-21(31)7-11-29-23(33)5-6-24(29)34;2*1-2/h12-15,31,35,39-40,48,53H,5-11,16-30,32-34,52H2,1-4H3,(H,54,61)(H,55,62)(H,56,63)(H,57,70)(H,58,64);5-6,20H,2-4,7-19H2,1H3,(H,27,31)(H,28,32);2*2H,1H3/t35-,39?,40?,48-;;;/m0.../s1. The van der Waals surface area contributed by atoms with Crippen LogP contribution in [0.15, 0.2) is 42.5 Å². The molecule has 41 heteroatoms. The molecule has 2 saturated heterocycles. The number of nitrogens with one attached hydrogen (secondary N) is 8. The molecular weight excluding hydrogens is 1630 g/mol. The van der Waals surface area contributed by atoms with Crippen LogP contribution in [0.5, 0.6) is 11.5 Å². The van der Waals surface area contributed by atoms with Gasteiger partial charge in [0.25, 0.3) is 23.6 Å². The Kier molecular flexibility index (Phi) is 59.1. The molecule has 4 heterocycles. The summed E-state index contributed by atoms with van der Waals surface area (Å²) in [6, 6.07) is 3.62. The fraction of sp³-hybridized carbons (Fsp3) is 0.671. The zero-order valence-corrected chi connectivity index (χ0v) is 72.9. The van der Waals surface area contributed by atoms with E-state index in [1.54, 1.807) is 25.6 Å². The molecule has 0 aromatic heterocycles. The summed E-state index contributed by atoms with van der Waals surface area (Å²) in [5, 5.41) is 21.1. The number of thioether (sulfide) groups is 1. The number of alkyl carbamates (subject to hydrolysis) is 1. The minimum atomic E-state index is -1.03. The van der Waals surface area contributed by atoms with Crippen molar-refractivity contribution in [1.82, 2.24) is 62.1 Å². The number of nitrogens with two attached hydrogens (primary N) is 1. The zero-order chi connectivity index (χ0) is 88.8. The highest BCUT2D eigenvalue weighted by Gasteiger charge is 2.40. The maximum Gasteiger partial charge on any atom is 0.408 e. The lowest BCUT2D eigenvalue weighted by Gasteiger charge is -2.24. The third-order valence-electron chi connectivity index (χ3n) is 18.2. The number of hydrogen-bond acceptors (Lipinski definition) is 30. The molecule has 0 spiro atoms. The fourth-order valence-corrected chi connectivity index (χ4v) is 12.5. The first kappa shape index (κ1) is 107. The van der Waals surface area contributed by atoms with E-state index in [9.17, 15) is 76.7 Å². The number of amides is 15. The van der Waals surface area contributed by atoms with Gasteiger partial charge in [0, 0.05) is 166 Å². The number of ether oxygens (including phenoxy) is 9. The van der Waals surface area contributed by atoms with Gasteiger partial charge < -0.3 is 90.9 Å². The van der Waals surface area contributed by atoms with Gasteiger partial charge in [0.2, 0.25) is 59.1 Å². The molecule has 120 heavy (non-hydrogen) atoms. The Morgan fingerprint density at radius 1 is 0.500 bits per heavy atom. The number of hydrogen-bond donors (Lipinski definition) is 11. The van der Waals surface area contributed by atoms with E-state index >= 15 is 0 Å². The van der Waals surface area contributed by atoms with E-state index in [4.69, 9.17) is 48.4 Å². The van der Waals surface area contributed by atoms with Crippen LogP contribution in [0.1, 0.15) is 142 Å². The molecule has 676 valence electrons. The predicted molar refractivity (Wildman–Crippen MR) is 450 cm³/mol. The van der Waals surface area contributed by atoms with E-state index in [1.165, 1.54) is 48.4 Å². The molecule has 3 unspecified atom stereocenters. The van der Waals surface area contributed by atoms with Crippen molar-refractivity contribution in [3.63, 3.8) is 0 Å². The van der Waals surface area contributed by atoms with Crippen molar-refractivity contribution < 1.29 is 119 Å². The summed E-state index contributed by atoms with van der Waals surface area (Å²) < 4.78 is 49.8. The number of carbonyl (C=O) groups is 16. The first-order chi connectivity index (χ1) is 57.9. The van der Waals surface area contributed by atoms with E-state index < -0.39 is 70.8 Å². The summed E-state index contributed by atoms with van der Waals surface area (Å²) in [5.41, 5.74) is 5.95. The number of benzene rings is 1. The Hall–Kier alpha value is -8.65. The van der Waals surface area contributed by atoms with Gasteiger partial charge in [-0.05, 0) is 94.7 Å². The lowest BCUT2D eigenvalue weighted by atomic mass is 9.99. The maximum atomic E-state index is 13.4. The molecule has 5 atom stereocenters. The summed E-state index contributed by atoms with van der Waals surface area (Å²) in [7, 11) is 3.00. The van der Waals surface area contributed by atoms with Crippen LogP contribution < -0.4 is 57.7 Å². The third-order valence-corrected chi connectivity index (χ3v) is 19.4. The molecule has 10 N–H and O–H groups in total. The number of nitrogens with zero attached hydrogens (tertiary/aromatic N) is 4. The molecule has 38 nitrogen and oxygen atoms in total. The van der Waals surface area contributed by atoms with E-state index in [2.05, 4.69) is 67.8 Å². The first-order valence-corrected chi connectivity index (χ1v) is 43.3. The van der Waals surface area contributed by atoms with Gasteiger partial charge in [-0.15, -0.1) is 11.8 Å². The summed E-state index contributed by atoms with van der Waals surface area (Å²) in [5.74, 6) is -5.33.